The van der Waals surface area contributed by atoms with E-state index in [0.29, 0.717) is 25.2 Å². The highest BCUT2D eigenvalue weighted by Gasteiger charge is 2.08. The van der Waals surface area contributed by atoms with Crippen LogP contribution in [0.5, 0.6) is 5.75 Å². The minimum atomic E-state index is -0.529. The summed E-state index contributed by atoms with van der Waals surface area (Å²) in [6.07, 6.45) is 5.48. The van der Waals surface area contributed by atoms with Crippen molar-refractivity contribution in [2.75, 3.05) is 13.7 Å². The van der Waals surface area contributed by atoms with E-state index in [4.69, 9.17) is 16.4 Å². The molecule has 0 radical (unpaired) electrons. The van der Waals surface area contributed by atoms with Gasteiger partial charge in [0.25, 0.3) is 5.91 Å². The number of carbonyl (C=O) groups is 1. The molecule has 1 amide bonds. The van der Waals surface area contributed by atoms with E-state index in [9.17, 15) is 4.79 Å². The van der Waals surface area contributed by atoms with Gasteiger partial charge in [0.1, 0.15) is 5.75 Å². The van der Waals surface area contributed by atoms with Crippen LogP contribution in [0.1, 0.15) is 21.5 Å². The Balaban J connectivity index is 2.07. The van der Waals surface area contributed by atoms with Gasteiger partial charge in [0.05, 0.1) is 13.7 Å². The number of nitrogens with zero attached hydrogens (tertiary/aromatic N) is 1. The van der Waals surface area contributed by atoms with Crippen molar-refractivity contribution in [2.24, 2.45) is 0 Å². The van der Waals surface area contributed by atoms with Crippen LogP contribution in [0.25, 0.3) is 0 Å². The van der Waals surface area contributed by atoms with E-state index in [1.807, 2.05) is 36.4 Å². The molecule has 0 saturated heterocycles. The number of nitrogens with one attached hydrogen (secondary N) is 1. The van der Waals surface area contributed by atoms with E-state index in [0.717, 1.165) is 16.9 Å². The Morgan fingerprint density at radius 2 is 1.92 bits per heavy atom. The molecule has 2 aromatic carbocycles. The lowest BCUT2D eigenvalue weighted by atomic mass is 10.1. The SMILES string of the molecule is C#CCN(Cc1ccc(C(=O)NO)cc1)Cc1cccc(OC)c1. The van der Waals surface area contributed by atoms with E-state index < -0.39 is 5.91 Å². The molecular formula is C19H20N2O3. The summed E-state index contributed by atoms with van der Waals surface area (Å²) in [4.78, 5) is 13.5. The Hall–Kier alpha value is -2.81. The molecule has 0 saturated carbocycles. The van der Waals surface area contributed by atoms with Crippen LogP contribution in [0.2, 0.25) is 0 Å². The fourth-order valence-electron chi connectivity index (χ4n) is 2.41. The van der Waals surface area contributed by atoms with Crippen molar-refractivity contribution in [1.82, 2.24) is 10.4 Å². The molecule has 0 heterocycles. The summed E-state index contributed by atoms with van der Waals surface area (Å²) in [6, 6.07) is 14.9. The van der Waals surface area contributed by atoms with Gasteiger partial charge in [-0.2, -0.15) is 0 Å². The molecule has 124 valence electrons. The molecule has 0 atom stereocenters. The maximum Gasteiger partial charge on any atom is 0.274 e. The number of hydrogen-bond donors (Lipinski definition) is 2. The number of hydroxylamine groups is 1. The first kappa shape index (κ1) is 17.5. The smallest absolute Gasteiger partial charge is 0.274 e. The van der Waals surface area contributed by atoms with E-state index >= 15 is 0 Å². The van der Waals surface area contributed by atoms with Gasteiger partial charge in [-0.25, -0.2) is 5.48 Å². The van der Waals surface area contributed by atoms with E-state index in [2.05, 4.69) is 10.8 Å². The number of benzene rings is 2. The number of rotatable bonds is 7. The van der Waals surface area contributed by atoms with E-state index in [1.165, 1.54) is 0 Å². The van der Waals surface area contributed by atoms with Crippen molar-refractivity contribution in [3.05, 3.63) is 65.2 Å². The summed E-state index contributed by atoms with van der Waals surface area (Å²) in [5.41, 5.74) is 4.16. The first-order valence-electron chi connectivity index (χ1n) is 7.48. The summed E-state index contributed by atoms with van der Waals surface area (Å²) in [5, 5.41) is 8.64. The Kier molecular flexibility index (Phi) is 6.38. The third kappa shape index (κ3) is 4.85. The summed E-state index contributed by atoms with van der Waals surface area (Å²) in [6.45, 7) is 1.86. The fourth-order valence-corrected chi connectivity index (χ4v) is 2.41. The van der Waals surface area contributed by atoms with E-state index in [1.54, 1.807) is 24.7 Å². The highest BCUT2D eigenvalue weighted by atomic mass is 16.5. The summed E-state index contributed by atoms with van der Waals surface area (Å²) in [7, 11) is 1.64. The molecule has 0 fully saturated rings. The summed E-state index contributed by atoms with van der Waals surface area (Å²) < 4.78 is 5.24. The molecule has 2 aromatic rings. The quantitative estimate of drug-likeness (QED) is 0.466. The summed E-state index contributed by atoms with van der Waals surface area (Å²) >= 11 is 0. The highest BCUT2D eigenvalue weighted by molar-refractivity contribution is 5.93. The normalized spacial score (nSPS) is 10.2. The molecule has 5 nitrogen and oxygen atoms in total. The first-order valence-corrected chi connectivity index (χ1v) is 7.48. The maximum absolute atomic E-state index is 11.3. The average Bonchev–Trinajstić information content (AvgIpc) is 2.62. The Labute approximate surface area is 141 Å². The lowest BCUT2D eigenvalue weighted by molar-refractivity contribution is 0.0706. The average molecular weight is 324 g/mol. The minimum absolute atomic E-state index is 0.401. The third-order valence-electron chi connectivity index (χ3n) is 3.58. The molecule has 0 aliphatic carbocycles. The van der Waals surface area contributed by atoms with Gasteiger partial charge >= 0.3 is 0 Å². The lowest BCUT2D eigenvalue weighted by Crippen LogP contribution is -2.23. The van der Waals surface area contributed by atoms with Crippen molar-refractivity contribution >= 4 is 5.91 Å². The first-order chi connectivity index (χ1) is 11.7. The van der Waals surface area contributed by atoms with E-state index in [-0.39, 0.29) is 0 Å². The second-order valence-corrected chi connectivity index (χ2v) is 5.34. The molecule has 2 N–H and O–H groups in total. The monoisotopic (exact) mass is 324 g/mol. The zero-order chi connectivity index (χ0) is 17.4. The Morgan fingerprint density at radius 1 is 1.21 bits per heavy atom. The van der Waals surface area contributed by atoms with Crippen LogP contribution in [-0.4, -0.2) is 29.7 Å². The topological polar surface area (TPSA) is 61.8 Å². The van der Waals surface area contributed by atoms with Crippen LogP contribution < -0.4 is 10.2 Å². The predicted molar refractivity (Wildman–Crippen MR) is 91.6 cm³/mol. The van der Waals surface area contributed by atoms with Gasteiger partial charge in [0, 0.05) is 18.7 Å². The zero-order valence-electron chi connectivity index (χ0n) is 13.5. The number of methoxy groups -OCH3 is 1. The van der Waals surface area contributed by atoms with Crippen LogP contribution in [0.4, 0.5) is 0 Å². The molecule has 24 heavy (non-hydrogen) atoms. The lowest BCUT2D eigenvalue weighted by Gasteiger charge is -2.20. The number of terminal acetylenes is 1. The molecule has 2 rings (SSSR count). The van der Waals surface area contributed by atoms with Crippen molar-refractivity contribution in [1.29, 1.82) is 0 Å². The number of hydrogen-bond acceptors (Lipinski definition) is 4. The Bertz CT molecular complexity index is 720. The largest absolute Gasteiger partial charge is 0.497 e. The molecule has 0 aliphatic rings. The number of carbonyl (C=O) groups excluding carboxylic acids is 1. The standard InChI is InChI=1S/C19H20N2O3/c1-3-11-21(14-16-5-4-6-18(12-16)24-2)13-15-7-9-17(10-8-15)19(22)20-23/h1,4-10,12,23H,11,13-14H2,2H3,(H,20,22). The third-order valence-corrected chi connectivity index (χ3v) is 3.58. The fraction of sp³-hybridized carbons (Fsp3) is 0.211. The van der Waals surface area contributed by atoms with Crippen LogP contribution in [0.3, 0.4) is 0 Å². The molecule has 5 heteroatoms. The molecule has 0 aromatic heterocycles. The minimum Gasteiger partial charge on any atom is -0.497 e. The molecule has 0 unspecified atom stereocenters. The van der Waals surface area contributed by atoms with Gasteiger partial charge in [0.2, 0.25) is 0 Å². The van der Waals surface area contributed by atoms with Crippen LogP contribution >= 0.6 is 0 Å². The van der Waals surface area contributed by atoms with Gasteiger partial charge < -0.3 is 4.74 Å². The molecule has 0 spiro atoms. The number of ether oxygens (including phenoxy) is 1. The van der Waals surface area contributed by atoms with Crippen molar-refractivity contribution in [3.8, 4) is 18.1 Å². The van der Waals surface area contributed by atoms with Gasteiger partial charge in [-0.3, -0.25) is 14.9 Å². The van der Waals surface area contributed by atoms with Gasteiger partial charge in [-0.15, -0.1) is 6.42 Å². The predicted octanol–water partition coefficient (Wildman–Crippen LogP) is 2.45. The highest BCUT2D eigenvalue weighted by Crippen LogP contribution is 2.16. The zero-order valence-corrected chi connectivity index (χ0v) is 13.5. The Morgan fingerprint density at radius 3 is 2.54 bits per heavy atom. The molecule has 0 aliphatic heterocycles. The van der Waals surface area contributed by atoms with Crippen LogP contribution in [0, 0.1) is 12.3 Å². The second-order valence-electron chi connectivity index (χ2n) is 5.34. The van der Waals surface area contributed by atoms with Gasteiger partial charge in [-0.1, -0.05) is 30.2 Å². The van der Waals surface area contributed by atoms with Gasteiger partial charge in [-0.05, 0) is 35.4 Å². The van der Waals surface area contributed by atoms with Crippen molar-refractivity contribution in [2.45, 2.75) is 13.1 Å². The van der Waals surface area contributed by atoms with Gasteiger partial charge in [0.15, 0.2) is 0 Å². The molecular weight excluding hydrogens is 304 g/mol. The molecule has 0 bridgehead atoms. The summed E-state index contributed by atoms with van der Waals surface area (Å²) in [5.74, 6) is 2.96. The maximum atomic E-state index is 11.3. The number of amides is 1. The van der Waals surface area contributed by atoms with Crippen LogP contribution in [-0.2, 0) is 13.1 Å². The van der Waals surface area contributed by atoms with Crippen LogP contribution in [0.15, 0.2) is 48.5 Å². The second kappa shape index (κ2) is 8.73. The van der Waals surface area contributed by atoms with Crippen molar-refractivity contribution < 1.29 is 14.7 Å². The van der Waals surface area contributed by atoms with Crippen molar-refractivity contribution in [3.63, 3.8) is 0 Å².